The molecule has 12 heteroatoms. The number of nitrogens with zero attached hydrogens (tertiary/aromatic N) is 1. The number of H-pyrrole nitrogens is 1. The van der Waals surface area contributed by atoms with Gasteiger partial charge in [-0.25, -0.2) is 21.6 Å². The second-order valence-electron chi connectivity index (χ2n) is 7.76. The summed E-state index contributed by atoms with van der Waals surface area (Å²) in [5.74, 6) is -3.64. The van der Waals surface area contributed by atoms with Gasteiger partial charge in [-0.3, -0.25) is 14.6 Å². The van der Waals surface area contributed by atoms with E-state index in [9.17, 15) is 17.6 Å². The zero-order valence-corrected chi connectivity index (χ0v) is 18.9. The molecule has 0 atom stereocenters. The minimum Gasteiger partial charge on any atom is -0.493 e. The average Bonchev–Trinajstić information content (AvgIpc) is 3.49. The van der Waals surface area contributed by atoms with Crippen LogP contribution in [0.1, 0.15) is 16.1 Å². The number of fused-ring (bicyclic) bond motifs is 2. The monoisotopic (exact) mass is 502 g/mol. The van der Waals surface area contributed by atoms with Crippen molar-refractivity contribution in [1.82, 2.24) is 15.5 Å². The Morgan fingerprint density at radius 3 is 2.66 bits per heavy atom. The van der Waals surface area contributed by atoms with Gasteiger partial charge >= 0.3 is 0 Å². The van der Waals surface area contributed by atoms with E-state index in [-0.39, 0.29) is 21.5 Å². The lowest BCUT2D eigenvalue weighted by atomic mass is 10.0. The fourth-order valence-electron chi connectivity index (χ4n) is 3.94. The van der Waals surface area contributed by atoms with Crippen LogP contribution in [0.5, 0.6) is 5.75 Å². The van der Waals surface area contributed by atoms with E-state index < -0.39 is 50.2 Å². The average molecular weight is 502 g/mol. The lowest BCUT2D eigenvalue weighted by Gasteiger charge is -2.14. The Balaban J connectivity index is 1.56. The standard InChI is InChI=1S/C23H17F3N4O4S/c1-27-23(31)22-14-5-4-13(19(25)21(14)28-29-22)18-15(24)6-7-16(20(18)26)30-35(32,33)12-3-2-11-8-9-34-17(11)10-12/h2-7,10,30H,8-9H2,1H3,(H,27,31)(H,28,29). The number of carbonyl (C=O) groups is 1. The van der Waals surface area contributed by atoms with E-state index >= 15 is 8.78 Å². The SMILES string of the molecule is CNC(=O)c1n[nH]c2c(F)c(-c3c(F)ccc(NS(=O)(=O)c4ccc5c(c4)OCC5)c3F)ccc12. The third-order valence-corrected chi connectivity index (χ3v) is 7.06. The Morgan fingerprint density at radius 2 is 1.89 bits per heavy atom. The Bertz CT molecular complexity index is 1620. The van der Waals surface area contributed by atoms with Crippen molar-refractivity contribution in [2.75, 3.05) is 18.4 Å². The summed E-state index contributed by atoms with van der Waals surface area (Å²) in [6, 6.07) is 8.40. The fraction of sp³-hybridized carbons (Fsp3) is 0.130. The molecule has 5 rings (SSSR count). The van der Waals surface area contributed by atoms with Crippen molar-refractivity contribution < 1.29 is 31.1 Å². The number of rotatable bonds is 5. The number of aromatic nitrogens is 2. The minimum atomic E-state index is -4.27. The van der Waals surface area contributed by atoms with Gasteiger partial charge in [0.2, 0.25) is 0 Å². The molecule has 0 fully saturated rings. The Kier molecular flexibility index (Phi) is 5.39. The molecule has 1 aromatic heterocycles. The quantitative estimate of drug-likeness (QED) is 0.385. The summed E-state index contributed by atoms with van der Waals surface area (Å²) in [5.41, 5.74) is -1.30. The van der Waals surface area contributed by atoms with Crippen LogP contribution in [0, 0.1) is 17.5 Å². The maximum absolute atomic E-state index is 15.4. The van der Waals surface area contributed by atoms with Crippen LogP contribution in [-0.4, -0.2) is 38.2 Å². The molecule has 1 aliphatic heterocycles. The zero-order chi connectivity index (χ0) is 24.9. The van der Waals surface area contributed by atoms with Gasteiger partial charge in [-0.15, -0.1) is 0 Å². The summed E-state index contributed by atoms with van der Waals surface area (Å²) in [4.78, 5) is 11.7. The number of sulfonamides is 1. The molecule has 3 aromatic carbocycles. The molecule has 1 aliphatic rings. The third-order valence-electron chi connectivity index (χ3n) is 5.70. The van der Waals surface area contributed by atoms with Gasteiger partial charge in [0.15, 0.2) is 17.3 Å². The highest BCUT2D eigenvalue weighted by Gasteiger charge is 2.26. The maximum atomic E-state index is 15.4. The van der Waals surface area contributed by atoms with Gasteiger partial charge in [-0.2, -0.15) is 5.10 Å². The van der Waals surface area contributed by atoms with Crippen LogP contribution in [0.2, 0.25) is 0 Å². The summed E-state index contributed by atoms with van der Waals surface area (Å²) >= 11 is 0. The normalized spacial score (nSPS) is 12.9. The summed E-state index contributed by atoms with van der Waals surface area (Å²) in [5, 5.41) is 8.60. The van der Waals surface area contributed by atoms with Crippen LogP contribution in [0.15, 0.2) is 47.4 Å². The molecule has 8 nitrogen and oxygen atoms in total. The number of hydrogen-bond donors (Lipinski definition) is 3. The fourth-order valence-corrected chi connectivity index (χ4v) is 5.01. The molecule has 0 spiro atoms. The summed E-state index contributed by atoms with van der Waals surface area (Å²) in [6.45, 7) is 0.430. The maximum Gasteiger partial charge on any atom is 0.272 e. The topological polar surface area (TPSA) is 113 Å². The number of halogens is 3. The van der Waals surface area contributed by atoms with E-state index in [1.807, 2.05) is 0 Å². The van der Waals surface area contributed by atoms with Crippen molar-refractivity contribution >= 4 is 32.5 Å². The first-order chi connectivity index (χ1) is 16.7. The molecule has 0 bridgehead atoms. The molecule has 1 amide bonds. The van der Waals surface area contributed by atoms with Gasteiger partial charge in [-0.05, 0) is 29.8 Å². The van der Waals surface area contributed by atoms with Crippen molar-refractivity contribution in [2.45, 2.75) is 11.3 Å². The Labute approximate surface area is 197 Å². The van der Waals surface area contributed by atoms with Gasteiger partial charge in [0.1, 0.15) is 17.1 Å². The van der Waals surface area contributed by atoms with Crippen LogP contribution in [-0.2, 0) is 16.4 Å². The third kappa shape index (κ3) is 3.75. The van der Waals surface area contributed by atoms with Gasteiger partial charge in [0.05, 0.1) is 22.8 Å². The van der Waals surface area contributed by atoms with Crippen molar-refractivity contribution in [1.29, 1.82) is 0 Å². The molecule has 0 saturated heterocycles. The van der Waals surface area contributed by atoms with Crippen molar-refractivity contribution in [3.05, 3.63) is 71.2 Å². The molecule has 0 unspecified atom stereocenters. The van der Waals surface area contributed by atoms with Crippen LogP contribution < -0.4 is 14.8 Å². The molecule has 3 N–H and O–H groups in total. The van der Waals surface area contributed by atoms with E-state index in [1.165, 1.54) is 25.2 Å². The van der Waals surface area contributed by atoms with Crippen LogP contribution >= 0.6 is 0 Å². The Hall–Kier alpha value is -4.06. The lowest BCUT2D eigenvalue weighted by Crippen LogP contribution is -2.18. The number of nitrogens with one attached hydrogen (secondary N) is 3. The van der Waals surface area contributed by atoms with E-state index in [1.54, 1.807) is 6.07 Å². The van der Waals surface area contributed by atoms with Crippen molar-refractivity contribution in [2.24, 2.45) is 0 Å². The highest BCUT2D eigenvalue weighted by molar-refractivity contribution is 7.92. The zero-order valence-electron chi connectivity index (χ0n) is 18.1. The predicted octanol–water partition coefficient (Wildman–Crippen LogP) is 3.74. The number of amides is 1. The highest BCUT2D eigenvalue weighted by Crippen LogP contribution is 2.36. The molecule has 4 aromatic rings. The molecule has 0 aliphatic carbocycles. The molecule has 0 saturated carbocycles. The summed E-state index contributed by atoms with van der Waals surface area (Å²) in [7, 11) is -2.89. The van der Waals surface area contributed by atoms with Gasteiger partial charge in [-0.1, -0.05) is 12.1 Å². The number of aromatic amines is 1. The van der Waals surface area contributed by atoms with E-state index in [0.29, 0.717) is 18.8 Å². The largest absolute Gasteiger partial charge is 0.493 e. The second-order valence-corrected chi connectivity index (χ2v) is 9.44. The number of carbonyl (C=O) groups excluding carboxylic acids is 1. The van der Waals surface area contributed by atoms with E-state index in [0.717, 1.165) is 23.8 Å². The Morgan fingerprint density at radius 1 is 1.09 bits per heavy atom. The van der Waals surface area contributed by atoms with E-state index in [2.05, 4.69) is 20.2 Å². The molecule has 0 radical (unpaired) electrons. The lowest BCUT2D eigenvalue weighted by molar-refractivity contribution is 0.0959. The number of hydrogen-bond acceptors (Lipinski definition) is 5. The molecular weight excluding hydrogens is 485 g/mol. The summed E-state index contributed by atoms with van der Waals surface area (Å²) < 4.78 is 78.6. The first-order valence-electron chi connectivity index (χ1n) is 10.4. The number of ether oxygens (including phenoxy) is 1. The first-order valence-corrected chi connectivity index (χ1v) is 11.8. The summed E-state index contributed by atoms with van der Waals surface area (Å²) in [6.07, 6.45) is 0.649. The van der Waals surface area contributed by atoms with Crippen LogP contribution in [0.3, 0.4) is 0 Å². The second kappa shape index (κ2) is 8.31. The predicted molar refractivity (Wildman–Crippen MR) is 121 cm³/mol. The van der Waals surface area contributed by atoms with Crippen molar-refractivity contribution in [3.63, 3.8) is 0 Å². The van der Waals surface area contributed by atoms with Crippen molar-refractivity contribution in [3.8, 4) is 16.9 Å². The molecule has 180 valence electrons. The number of benzene rings is 3. The molecule has 35 heavy (non-hydrogen) atoms. The number of anilines is 1. The molecular formula is C23H17F3N4O4S. The van der Waals surface area contributed by atoms with Crippen LogP contribution in [0.25, 0.3) is 22.0 Å². The minimum absolute atomic E-state index is 0.0891. The van der Waals surface area contributed by atoms with Gasteiger partial charge in [0.25, 0.3) is 15.9 Å². The van der Waals surface area contributed by atoms with Gasteiger partial charge < -0.3 is 10.1 Å². The smallest absolute Gasteiger partial charge is 0.272 e. The van der Waals surface area contributed by atoms with Gasteiger partial charge in [0, 0.05) is 30.5 Å². The van der Waals surface area contributed by atoms with E-state index in [4.69, 9.17) is 4.74 Å². The highest BCUT2D eigenvalue weighted by atomic mass is 32.2. The molecule has 2 heterocycles. The van der Waals surface area contributed by atoms with Crippen LogP contribution in [0.4, 0.5) is 18.9 Å². The first kappa shape index (κ1) is 22.7.